The fourth-order valence-corrected chi connectivity index (χ4v) is 1.05. The highest BCUT2D eigenvalue weighted by Crippen LogP contribution is 1.89. The molecule has 1 heterocycles. The highest BCUT2D eigenvalue weighted by molar-refractivity contribution is 7.83. The van der Waals surface area contributed by atoms with E-state index in [9.17, 15) is 4.21 Å². The lowest BCUT2D eigenvalue weighted by molar-refractivity contribution is 0.682. The van der Waals surface area contributed by atoms with Gasteiger partial charge in [-0.15, -0.1) is 0 Å². The zero-order valence-electron chi connectivity index (χ0n) is 5.26. The van der Waals surface area contributed by atoms with Crippen molar-refractivity contribution in [3.05, 3.63) is 0 Å². The van der Waals surface area contributed by atoms with Crippen molar-refractivity contribution in [3.63, 3.8) is 0 Å². The lowest BCUT2D eigenvalue weighted by atomic mass is 10.5. The van der Waals surface area contributed by atoms with Gasteiger partial charge in [0.15, 0.2) is 0 Å². The quantitative estimate of drug-likeness (QED) is 0.450. The summed E-state index contributed by atoms with van der Waals surface area (Å²) in [6.45, 7) is 0.473. The first-order valence-electron chi connectivity index (χ1n) is 2.83. The Bertz CT molecular complexity index is 108. The average molecular weight is 107 g/mol. The molecule has 0 unspecified atom stereocenters. The first kappa shape index (κ1) is 2.43. The van der Waals surface area contributed by atoms with Crippen LogP contribution in [-0.2, 0) is 11.0 Å². The van der Waals surface area contributed by atoms with E-state index in [0.717, 1.165) is 4.72 Å². The number of hydrogen-bond acceptors (Lipinski definition) is 1. The van der Waals surface area contributed by atoms with Crippen LogP contribution in [0.1, 0.15) is 7.79 Å². The normalized spacial score (nSPS) is 54.7. The minimum absolute atomic E-state index is 0.473. The summed E-state index contributed by atoms with van der Waals surface area (Å²) in [5.74, 6) is 0. The highest BCUT2D eigenvalue weighted by Gasteiger charge is 2.04. The van der Waals surface area contributed by atoms with Crippen LogP contribution >= 0.6 is 0 Å². The van der Waals surface area contributed by atoms with Gasteiger partial charge in [0, 0.05) is 13.6 Å². The van der Waals surface area contributed by atoms with Crippen LogP contribution in [0.2, 0.25) is 1.41 Å². The number of hydrogen-bond donors (Lipinski definition) is 1. The Balaban J connectivity index is 2.57. The molecule has 0 aromatic heterocycles. The van der Waals surface area contributed by atoms with Gasteiger partial charge in [-0.25, -0.2) is 8.92 Å². The molecule has 6 heavy (non-hydrogen) atoms. The van der Waals surface area contributed by atoms with E-state index in [-0.39, 0.29) is 0 Å². The van der Waals surface area contributed by atoms with Gasteiger partial charge in [0.25, 0.3) is 0 Å². The van der Waals surface area contributed by atoms with Crippen molar-refractivity contribution in [3.8, 4) is 0 Å². The first-order valence-corrected chi connectivity index (χ1v) is 2.98. The summed E-state index contributed by atoms with van der Waals surface area (Å²) in [6.07, 6.45) is 0.566. The predicted octanol–water partition coefficient (Wildman–Crippen LogP) is -0.357. The van der Waals surface area contributed by atoms with Crippen LogP contribution in [0.5, 0.6) is 0 Å². The molecule has 1 N–H and O–H groups in total. The summed E-state index contributed by atoms with van der Waals surface area (Å²) in [6, 6.07) is 0. The summed E-state index contributed by atoms with van der Waals surface area (Å²) in [4.78, 5) is 0. The second kappa shape index (κ2) is 1.71. The zero-order valence-corrected chi connectivity index (χ0v) is 4.07. The molecule has 1 aliphatic rings. The third-order valence-corrected chi connectivity index (χ3v) is 1.57. The minimum atomic E-state index is -1.35. The van der Waals surface area contributed by atoms with E-state index < -0.39 is 16.7 Å². The summed E-state index contributed by atoms with van der Waals surface area (Å²) < 4.78 is 25.4. The summed E-state index contributed by atoms with van der Waals surface area (Å²) in [5, 5.41) is 0. The third kappa shape index (κ3) is 0.786. The molecule has 1 saturated heterocycles. The molecule has 36 valence electrons. The zero-order chi connectivity index (χ0) is 6.15. The SMILES string of the molecule is [2H][C@H]1CCN([2H])[S@]1=O. The van der Waals surface area contributed by atoms with Gasteiger partial charge in [0.2, 0.25) is 0 Å². The Hall–Kier alpha value is 0.110. The molecule has 0 saturated carbocycles. The van der Waals surface area contributed by atoms with Gasteiger partial charge in [-0.2, -0.15) is 0 Å². The van der Waals surface area contributed by atoms with E-state index in [1.807, 2.05) is 0 Å². The second-order valence-corrected chi connectivity index (χ2v) is 2.23. The maximum absolute atomic E-state index is 10.6. The van der Waals surface area contributed by atoms with E-state index >= 15 is 0 Å². The smallest absolute Gasteiger partial charge is 0.138 e. The molecule has 0 aromatic rings. The van der Waals surface area contributed by atoms with Gasteiger partial charge in [0.05, 0.1) is 11.0 Å². The van der Waals surface area contributed by atoms with Gasteiger partial charge in [-0.1, -0.05) is 0 Å². The Morgan fingerprint density at radius 1 is 2.17 bits per heavy atom. The Morgan fingerprint density at radius 3 is 3.17 bits per heavy atom. The van der Waals surface area contributed by atoms with E-state index in [1.165, 1.54) is 0 Å². The van der Waals surface area contributed by atoms with E-state index in [4.69, 9.17) is 2.78 Å². The Morgan fingerprint density at radius 2 is 3.00 bits per heavy atom. The molecule has 0 aromatic carbocycles. The topological polar surface area (TPSA) is 29.1 Å². The van der Waals surface area contributed by atoms with E-state index in [2.05, 4.69) is 0 Å². The van der Waals surface area contributed by atoms with Crippen LogP contribution in [0.3, 0.4) is 0 Å². The van der Waals surface area contributed by atoms with Crippen LogP contribution in [0.15, 0.2) is 0 Å². The molecule has 2 nitrogen and oxygen atoms in total. The van der Waals surface area contributed by atoms with Crippen LogP contribution < -0.4 is 4.72 Å². The molecule has 3 heteroatoms. The standard InChI is InChI=1S/C3H7NOS/c5-6-3-1-2-4-6/h4H,1-3H2/t6-/m0/s1/i3D/hD/t3-,6-. The van der Waals surface area contributed by atoms with E-state index in [0.29, 0.717) is 13.0 Å². The van der Waals surface area contributed by atoms with Crippen LogP contribution in [0.4, 0.5) is 0 Å². The Kier molecular flexibility index (Phi) is 0.690. The molecule has 0 spiro atoms. The third-order valence-electron chi connectivity index (χ3n) is 0.608. The van der Waals surface area contributed by atoms with Gasteiger partial charge < -0.3 is 0 Å². The van der Waals surface area contributed by atoms with Crippen LogP contribution in [0.25, 0.3) is 0 Å². The van der Waals surface area contributed by atoms with Gasteiger partial charge in [-0.05, 0) is 6.42 Å². The molecule has 0 amide bonds. The number of nitrogens with one attached hydrogen (secondary N) is 1. The predicted molar refractivity (Wildman–Crippen MR) is 25.6 cm³/mol. The molecular weight excluding hydrogens is 98.1 g/mol. The lowest BCUT2D eigenvalue weighted by Crippen LogP contribution is -2.07. The number of rotatable bonds is 0. The monoisotopic (exact) mass is 107 g/mol. The summed E-state index contributed by atoms with van der Waals surface area (Å²) >= 11 is 0. The van der Waals surface area contributed by atoms with E-state index in [1.54, 1.807) is 0 Å². The van der Waals surface area contributed by atoms with Crippen molar-refractivity contribution in [1.82, 2.24) is 4.72 Å². The van der Waals surface area contributed by atoms with Crippen molar-refractivity contribution in [2.75, 3.05) is 12.3 Å². The fraction of sp³-hybridized carbons (Fsp3) is 1.00. The van der Waals surface area contributed by atoms with Crippen molar-refractivity contribution in [2.45, 2.75) is 6.42 Å². The van der Waals surface area contributed by atoms with Crippen LogP contribution in [-0.4, -0.2) is 16.5 Å². The average Bonchev–Trinajstić information content (AvgIpc) is 1.98. The van der Waals surface area contributed by atoms with Gasteiger partial charge >= 0.3 is 0 Å². The summed E-state index contributed by atoms with van der Waals surface area (Å²) in [5.41, 5.74) is -0.549. The second-order valence-electron chi connectivity index (χ2n) is 1.08. The van der Waals surface area contributed by atoms with Gasteiger partial charge in [-0.3, -0.25) is 0 Å². The van der Waals surface area contributed by atoms with Crippen LogP contribution in [0, 0.1) is 0 Å². The maximum atomic E-state index is 10.6. The van der Waals surface area contributed by atoms with Crippen molar-refractivity contribution >= 4 is 11.0 Å². The molecule has 0 bridgehead atoms. The lowest BCUT2D eigenvalue weighted by Gasteiger charge is -1.79. The molecule has 1 aliphatic heterocycles. The van der Waals surface area contributed by atoms with Crippen molar-refractivity contribution < 1.29 is 6.99 Å². The fourth-order valence-electron chi connectivity index (χ4n) is 0.349. The van der Waals surface area contributed by atoms with Gasteiger partial charge in [0.1, 0.15) is 1.41 Å². The van der Waals surface area contributed by atoms with Crippen molar-refractivity contribution in [2.24, 2.45) is 0 Å². The molecule has 1 fully saturated rings. The minimum Gasteiger partial charge on any atom is -0.243 e. The van der Waals surface area contributed by atoms with Crippen molar-refractivity contribution in [1.29, 1.82) is 0 Å². The Labute approximate surface area is 42.4 Å². The highest BCUT2D eigenvalue weighted by atomic mass is 32.2. The molecule has 0 radical (unpaired) electrons. The first-order chi connectivity index (χ1) is 3.72. The summed E-state index contributed by atoms with van der Waals surface area (Å²) in [7, 11) is -1.35. The molecule has 1 rings (SSSR count). The molecule has 0 aliphatic carbocycles. The maximum Gasteiger partial charge on any atom is 0.138 e. The molecule has 2 atom stereocenters. The largest absolute Gasteiger partial charge is 0.243 e. The molecular formula is C3H7NOS.